The van der Waals surface area contributed by atoms with Crippen molar-refractivity contribution in [1.82, 2.24) is 14.7 Å². The maximum absolute atomic E-state index is 13.1. The Labute approximate surface area is 220 Å². The Morgan fingerprint density at radius 3 is 2.76 bits per heavy atom. The van der Waals surface area contributed by atoms with Crippen molar-refractivity contribution in [1.29, 1.82) is 0 Å². The largest absolute Gasteiger partial charge is 0.489 e. The van der Waals surface area contributed by atoms with E-state index in [9.17, 15) is 9.59 Å². The number of hydrogen-bond donors (Lipinski definition) is 1. The highest BCUT2D eigenvalue weighted by Crippen LogP contribution is 2.41. The standard InChI is InChI=1S/C26H29ClN4O6/c1-5-31-9-8-22(29-31)28-25(32)17-12-18(36-16(2)15-34-4)14-19(13-17)37-21-7-6-20-24(23(21)27)35-11-10-30(3)26(20)33/h6-9,12-14,16H,5,10-11,15H2,1-4H3,(H,28,29,32)/t16-/m0/s1. The minimum Gasteiger partial charge on any atom is -0.489 e. The SMILES string of the molecule is CCn1ccc(NC(=O)c2cc(Oc3ccc4c(c3Cl)OCCN(C)C4=O)cc(O[C@@H](C)COC)c2)n1. The van der Waals surface area contributed by atoms with Gasteiger partial charge in [0.25, 0.3) is 11.8 Å². The van der Waals surface area contributed by atoms with Crippen LogP contribution in [-0.2, 0) is 11.3 Å². The molecule has 1 aliphatic rings. The molecule has 0 radical (unpaired) electrons. The average Bonchev–Trinajstić information content (AvgIpc) is 3.27. The van der Waals surface area contributed by atoms with Crippen molar-refractivity contribution in [2.24, 2.45) is 0 Å². The van der Waals surface area contributed by atoms with E-state index in [-0.39, 0.29) is 34.4 Å². The summed E-state index contributed by atoms with van der Waals surface area (Å²) in [6, 6.07) is 9.76. The van der Waals surface area contributed by atoms with E-state index < -0.39 is 0 Å². The highest BCUT2D eigenvalue weighted by molar-refractivity contribution is 6.34. The molecule has 196 valence electrons. The van der Waals surface area contributed by atoms with Gasteiger partial charge in [-0.15, -0.1) is 0 Å². The normalized spacial score (nSPS) is 13.9. The van der Waals surface area contributed by atoms with Crippen LogP contribution < -0.4 is 19.5 Å². The summed E-state index contributed by atoms with van der Waals surface area (Å²) in [5, 5.41) is 7.24. The molecule has 0 fully saturated rings. The van der Waals surface area contributed by atoms with Crippen molar-refractivity contribution in [2.45, 2.75) is 26.5 Å². The van der Waals surface area contributed by atoms with Gasteiger partial charge in [-0.25, -0.2) is 0 Å². The molecule has 1 aliphatic heterocycles. The Morgan fingerprint density at radius 1 is 1.24 bits per heavy atom. The van der Waals surface area contributed by atoms with E-state index in [4.69, 9.17) is 30.5 Å². The summed E-state index contributed by atoms with van der Waals surface area (Å²) >= 11 is 6.59. The number of anilines is 1. The lowest BCUT2D eigenvalue weighted by Gasteiger charge is -2.17. The summed E-state index contributed by atoms with van der Waals surface area (Å²) in [6.45, 7) is 5.59. The Bertz CT molecular complexity index is 1290. The van der Waals surface area contributed by atoms with Crippen LogP contribution in [0, 0.1) is 0 Å². The smallest absolute Gasteiger partial charge is 0.257 e. The van der Waals surface area contributed by atoms with Gasteiger partial charge in [-0.1, -0.05) is 11.6 Å². The molecule has 2 heterocycles. The second-order valence-electron chi connectivity index (χ2n) is 8.52. The van der Waals surface area contributed by atoms with Crippen molar-refractivity contribution in [3.63, 3.8) is 0 Å². The number of carbonyl (C=O) groups excluding carboxylic acids is 2. The van der Waals surface area contributed by atoms with Crippen LogP contribution in [0.1, 0.15) is 34.6 Å². The zero-order valence-electron chi connectivity index (χ0n) is 21.1. The summed E-state index contributed by atoms with van der Waals surface area (Å²) in [6.07, 6.45) is 1.50. The average molecular weight is 529 g/mol. The number of ether oxygens (including phenoxy) is 4. The minimum absolute atomic E-state index is 0.163. The molecular weight excluding hydrogens is 500 g/mol. The fourth-order valence-corrected chi connectivity index (χ4v) is 4.03. The Balaban J connectivity index is 1.65. The third-order valence-corrected chi connectivity index (χ3v) is 5.98. The number of nitrogens with zero attached hydrogens (tertiary/aromatic N) is 3. The molecule has 1 atom stereocenters. The van der Waals surface area contributed by atoms with E-state index in [0.717, 1.165) is 0 Å². The molecule has 3 aromatic rings. The molecule has 0 unspecified atom stereocenters. The molecule has 1 aromatic heterocycles. The van der Waals surface area contributed by atoms with Crippen LogP contribution in [0.5, 0.6) is 23.0 Å². The van der Waals surface area contributed by atoms with Crippen LogP contribution in [0.25, 0.3) is 0 Å². The molecule has 0 spiro atoms. The highest BCUT2D eigenvalue weighted by atomic mass is 35.5. The molecule has 2 aromatic carbocycles. The quantitative estimate of drug-likeness (QED) is 0.436. The summed E-state index contributed by atoms with van der Waals surface area (Å²) in [5.41, 5.74) is 0.650. The van der Waals surface area contributed by atoms with Gasteiger partial charge in [0, 0.05) is 44.6 Å². The van der Waals surface area contributed by atoms with Crippen molar-refractivity contribution >= 4 is 29.2 Å². The molecule has 11 heteroatoms. The highest BCUT2D eigenvalue weighted by Gasteiger charge is 2.25. The first kappa shape index (κ1) is 26.3. The van der Waals surface area contributed by atoms with Crippen molar-refractivity contribution in [2.75, 3.05) is 39.2 Å². The Kier molecular flexibility index (Phi) is 8.20. The van der Waals surface area contributed by atoms with Crippen molar-refractivity contribution < 1.29 is 28.5 Å². The first-order valence-electron chi connectivity index (χ1n) is 11.8. The molecule has 10 nitrogen and oxygen atoms in total. The number of carbonyl (C=O) groups is 2. The number of aryl methyl sites for hydroxylation is 1. The van der Waals surface area contributed by atoms with Gasteiger partial charge in [0.05, 0.1) is 18.7 Å². The van der Waals surface area contributed by atoms with E-state index in [0.29, 0.717) is 54.7 Å². The van der Waals surface area contributed by atoms with Gasteiger partial charge >= 0.3 is 0 Å². The van der Waals surface area contributed by atoms with Gasteiger partial charge in [-0.05, 0) is 38.1 Å². The number of hydrogen-bond acceptors (Lipinski definition) is 7. The van der Waals surface area contributed by atoms with E-state index in [1.807, 2.05) is 13.8 Å². The molecule has 0 saturated heterocycles. The first-order valence-corrected chi connectivity index (χ1v) is 12.2. The molecule has 1 N–H and O–H groups in total. The number of amides is 2. The minimum atomic E-state index is -0.388. The summed E-state index contributed by atoms with van der Waals surface area (Å²) in [5.74, 6) is 1.10. The van der Waals surface area contributed by atoms with E-state index in [1.54, 1.807) is 66.3 Å². The van der Waals surface area contributed by atoms with Crippen LogP contribution in [-0.4, -0.2) is 66.5 Å². The second-order valence-corrected chi connectivity index (χ2v) is 8.90. The monoisotopic (exact) mass is 528 g/mol. The summed E-state index contributed by atoms with van der Waals surface area (Å²) in [7, 11) is 3.28. The number of likely N-dealkylation sites (N-methyl/N-ethyl adjacent to an activating group) is 1. The Hall–Kier alpha value is -3.76. The third kappa shape index (κ3) is 6.15. The number of halogens is 1. The predicted octanol–water partition coefficient (Wildman–Crippen LogP) is 4.48. The predicted molar refractivity (Wildman–Crippen MR) is 138 cm³/mol. The van der Waals surface area contributed by atoms with Crippen molar-refractivity contribution in [3.05, 3.63) is 58.7 Å². The Morgan fingerprint density at radius 2 is 2.03 bits per heavy atom. The van der Waals surface area contributed by atoms with E-state index in [1.165, 1.54) is 0 Å². The van der Waals surface area contributed by atoms with Gasteiger partial charge in [0.15, 0.2) is 11.6 Å². The molecule has 0 saturated carbocycles. The van der Waals surface area contributed by atoms with Crippen LogP contribution in [0.3, 0.4) is 0 Å². The maximum Gasteiger partial charge on any atom is 0.257 e. The maximum atomic E-state index is 13.1. The lowest BCUT2D eigenvalue weighted by atomic mass is 10.1. The number of aromatic nitrogens is 2. The molecule has 4 rings (SSSR count). The van der Waals surface area contributed by atoms with Gasteiger partial charge in [0.1, 0.15) is 35.0 Å². The number of benzene rings is 2. The van der Waals surface area contributed by atoms with Gasteiger partial charge in [0.2, 0.25) is 0 Å². The number of fused-ring (bicyclic) bond motifs is 1. The summed E-state index contributed by atoms with van der Waals surface area (Å²) in [4.78, 5) is 27.2. The van der Waals surface area contributed by atoms with Crippen LogP contribution in [0.15, 0.2) is 42.6 Å². The van der Waals surface area contributed by atoms with Crippen LogP contribution >= 0.6 is 11.6 Å². The van der Waals surface area contributed by atoms with E-state index >= 15 is 0 Å². The van der Waals surface area contributed by atoms with E-state index in [2.05, 4.69) is 10.4 Å². The topological polar surface area (TPSA) is 104 Å². The second kappa shape index (κ2) is 11.5. The number of nitrogens with one attached hydrogen (secondary N) is 1. The fraction of sp³-hybridized carbons (Fsp3) is 0.346. The lowest BCUT2D eigenvalue weighted by Crippen LogP contribution is -2.27. The van der Waals surface area contributed by atoms with Gasteiger partial charge in [-0.3, -0.25) is 14.3 Å². The molecule has 2 amide bonds. The first-order chi connectivity index (χ1) is 17.8. The number of methoxy groups -OCH3 is 1. The zero-order valence-corrected chi connectivity index (χ0v) is 21.9. The third-order valence-electron chi connectivity index (χ3n) is 5.63. The fourth-order valence-electron chi connectivity index (χ4n) is 3.77. The molecule has 0 bridgehead atoms. The molecule has 0 aliphatic carbocycles. The summed E-state index contributed by atoms with van der Waals surface area (Å²) < 4.78 is 24.6. The molecular formula is C26H29ClN4O6. The molecule has 37 heavy (non-hydrogen) atoms. The van der Waals surface area contributed by atoms with Crippen molar-refractivity contribution in [3.8, 4) is 23.0 Å². The van der Waals surface area contributed by atoms with Gasteiger partial charge in [-0.2, -0.15) is 5.10 Å². The van der Waals surface area contributed by atoms with Crippen LogP contribution in [0.2, 0.25) is 5.02 Å². The lowest BCUT2D eigenvalue weighted by molar-refractivity contribution is 0.0796. The van der Waals surface area contributed by atoms with Gasteiger partial charge < -0.3 is 29.2 Å². The number of rotatable bonds is 9. The zero-order chi connectivity index (χ0) is 26.5. The van der Waals surface area contributed by atoms with Crippen LogP contribution in [0.4, 0.5) is 5.82 Å².